The van der Waals surface area contributed by atoms with E-state index in [-0.39, 0.29) is 5.91 Å². The first kappa shape index (κ1) is 10.2. The molecule has 15 heavy (non-hydrogen) atoms. The predicted molar refractivity (Wildman–Crippen MR) is 61.9 cm³/mol. The molecule has 1 amide bonds. The van der Waals surface area contributed by atoms with Crippen LogP contribution in [0.2, 0.25) is 0 Å². The first-order valence-electron chi connectivity index (χ1n) is 5.49. The maximum atomic E-state index is 11.6. The van der Waals surface area contributed by atoms with Crippen LogP contribution in [0.5, 0.6) is 0 Å². The van der Waals surface area contributed by atoms with E-state index in [0.717, 1.165) is 12.1 Å². The molecule has 80 valence electrons. The zero-order chi connectivity index (χ0) is 11.0. The van der Waals surface area contributed by atoms with Crippen molar-refractivity contribution in [2.75, 3.05) is 4.90 Å². The van der Waals surface area contributed by atoms with Crippen molar-refractivity contribution in [3.8, 4) is 0 Å². The van der Waals surface area contributed by atoms with Crippen LogP contribution in [-0.2, 0) is 11.2 Å². The molecule has 0 saturated carbocycles. The zero-order valence-electron chi connectivity index (χ0n) is 9.53. The summed E-state index contributed by atoms with van der Waals surface area (Å²) < 4.78 is 0. The van der Waals surface area contributed by atoms with E-state index < -0.39 is 0 Å². The average Bonchev–Trinajstić information content (AvgIpc) is 2.56. The van der Waals surface area contributed by atoms with Gasteiger partial charge in [-0.3, -0.25) is 4.79 Å². The van der Waals surface area contributed by atoms with Crippen molar-refractivity contribution in [3.63, 3.8) is 0 Å². The van der Waals surface area contributed by atoms with Gasteiger partial charge in [0, 0.05) is 18.7 Å². The third kappa shape index (κ3) is 1.65. The highest BCUT2D eigenvalue weighted by molar-refractivity contribution is 5.94. The average molecular weight is 203 g/mol. The third-order valence-corrected chi connectivity index (χ3v) is 3.12. The Morgan fingerprint density at radius 2 is 2.07 bits per heavy atom. The molecule has 0 saturated heterocycles. The van der Waals surface area contributed by atoms with Crippen molar-refractivity contribution in [1.82, 2.24) is 0 Å². The standard InChI is InChI=1S/C13H17NO/c1-9(2)13-8-11-6-4-5-7-12(11)14(13)10(3)15/h4-7,9,13H,8H2,1-3H3. The number of nitrogens with zero attached hydrogens (tertiary/aromatic N) is 1. The van der Waals surface area contributed by atoms with Gasteiger partial charge in [0.1, 0.15) is 0 Å². The summed E-state index contributed by atoms with van der Waals surface area (Å²) >= 11 is 0. The molecule has 1 atom stereocenters. The lowest BCUT2D eigenvalue weighted by Gasteiger charge is -2.27. The van der Waals surface area contributed by atoms with Crippen LogP contribution in [0, 0.1) is 5.92 Å². The third-order valence-electron chi connectivity index (χ3n) is 3.12. The number of amides is 1. The van der Waals surface area contributed by atoms with E-state index in [2.05, 4.69) is 19.9 Å². The summed E-state index contributed by atoms with van der Waals surface area (Å²) in [7, 11) is 0. The molecule has 0 spiro atoms. The molecule has 1 aromatic carbocycles. The van der Waals surface area contributed by atoms with Crippen LogP contribution in [0.25, 0.3) is 0 Å². The van der Waals surface area contributed by atoms with Crippen molar-refractivity contribution < 1.29 is 4.79 Å². The quantitative estimate of drug-likeness (QED) is 0.687. The molecule has 0 aromatic heterocycles. The summed E-state index contributed by atoms with van der Waals surface area (Å²) in [4.78, 5) is 13.6. The normalized spacial score (nSPS) is 19.5. The number of hydrogen-bond acceptors (Lipinski definition) is 1. The molecule has 2 nitrogen and oxygen atoms in total. The van der Waals surface area contributed by atoms with Gasteiger partial charge >= 0.3 is 0 Å². The molecule has 1 unspecified atom stereocenters. The maximum absolute atomic E-state index is 11.6. The van der Waals surface area contributed by atoms with E-state index in [4.69, 9.17) is 0 Å². The summed E-state index contributed by atoms with van der Waals surface area (Å²) in [6.45, 7) is 6.00. The van der Waals surface area contributed by atoms with E-state index in [9.17, 15) is 4.79 Å². The highest BCUT2D eigenvalue weighted by atomic mass is 16.2. The van der Waals surface area contributed by atoms with Crippen molar-refractivity contribution >= 4 is 11.6 Å². The minimum absolute atomic E-state index is 0.152. The minimum atomic E-state index is 0.152. The summed E-state index contributed by atoms with van der Waals surface area (Å²) in [6, 6.07) is 8.53. The number of hydrogen-bond donors (Lipinski definition) is 0. The fourth-order valence-electron chi connectivity index (χ4n) is 2.35. The molecule has 2 rings (SSSR count). The largest absolute Gasteiger partial charge is 0.309 e. The summed E-state index contributed by atoms with van der Waals surface area (Å²) in [5.74, 6) is 0.653. The Kier molecular flexibility index (Phi) is 2.51. The Morgan fingerprint density at radius 1 is 1.40 bits per heavy atom. The number of anilines is 1. The summed E-state index contributed by atoms with van der Waals surface area (Å²) in [5, 5.41) is 0. The van der Waals surface area contributed by atoms with Gasteiger partial charge in [0.25, 0.3) is 0 Å². The summed E-state index contributed by atoms with van der Waals surface area (Å²) in [6.07, 6.45) is 0.993. The van der Waals surface area contributed by atoms with Gasteiger partial charge in [-0.25, -0.2) is 0 Å². The molecule has 0 aliphatic carbocycles. The highest BCUT2D eigenvalue weighted by Gasteiger charge is 2.33. The van der Waals surface area contributed by atoms with E-state index >= 15 is 0 Å². The van der Waals surface area contributed by atoms with Gasteiger partial charge in [-0.2, -0.15) is 0 Å². The Labute approximate surface area is 90.9 Å². The van der Waals surface area contributed by atoms with Gasteiger partial charge in [-0.05, 0) is 24.0 Å². The van der Waals surface area contributed by atoms with Gasteiger partial charge < -0.3 is 4.90 Å². The lowest BCUT2D eigenvalue weighted by Crippen LogP contribution is -2.39. The lowest BCUT2D eigenvalue weighted by atomic mass is 10.00. The van der Waals surface area contributed by atoms with Crippen LogP contribution in [0.3, 0.4) is 0 Å². The number of carbonyl (C=O) groups is 1. The second-order valence-electron chi connectivity index (χ2n) is 4.53. The summed E-state index contributed by atoms with van der Waals surface area (Å²) in [5.41, 5.74) is 2.40. The van der Waals surface area contributed by atoms with Gasteiger partial charge in [0.05, 0.1) is 0 Å². The zero-order valence-corrected chi connectivity index (χ0v) is 9.53. The molecule has 1 aromatic rings. The van der Waals surface area contributed by atoms with Crippen LogP contribution >= 0.6 is 0 Å². The second kappa shape index (κ2) is 3.69. The smallest absolute Gasteiger partial charge is 0.224 e. The number of fused-ring (bicyclic) bond motifs is 1. The first-order valence-corrected chi connectivity index (χ1v) is 5.49. The van der Waals surface area contributed by atoms with E-state index in [1.165, 1.54) is 5.56 Å². The predicted octanol–water partition coefficient (Wildman–Crippen LogP) is 2.62. The molecule has 1 aliphatic heterocycles. The second-order valence-corrected chi connectivity index (χ2v) is 4.53. The SMILES string of the molecule is CC(=O)N1c2ccccc2CC1C(C)C. The Balaban J connectivity index is 2.42. The van der Waals surface area contributed by atoms with Crippen LogP contribution in [0.1, 0.15) is 26.3 Å². The van der Waals surface area contributed by atoms with Crippen molar-refractivity contribution in [2.24, 2.45) is 5.92 Å². The van der Waals surface area contributed by atoms with E-state index in [1.54, 1.807) is 6.92 Å². The minimum Gasteiger partial charge on any atom is -0.309 e. The van der Waals surface area contributed by atoms with Gasteiger partial charge in [-0.1, -0.05) is 32.0 Å². The fourth-order valence-corrected chi connectivity index (χ4v) is 2.35. The molecule has 1 aliphatic rings. The number of benzene rings is 1. The van der Waals surface area contributed by atoms with Crippen LogP contribution in [0.4, 0.5) is 5.69 Å². The molecule has 2 heteroatoms. The fraction of sp³-hybridized carbons (Fsp3) is 0.462. The van der Waals surface area contributed by atoms with Gasteiger partial charge in [0.15, 0.2) is 0 Å². The van der Waals surface area contributed by atoms with E-state index in [1.807, 2.05) is 23.1 Å². The molecular formula is C13H17NO. The molecule has 0 fully saturated rings. The molecular weight excluding hydrogens is 186 g/mol. The Bertz CT molecular complexity index is 384. The van der Waals surface area contributed by atoms with Crippen LogP contribution < -0.4 is 4.90 Å². The van der Waals surface area contributed by atoms with E-state index in [0.29, 0.717) is 12.0 Å². The van der Waals surface area contributed by atoms with Crippen molar-refractivity contribution in [2.45, 2.75) is 33.2 Å². The maximum Gasteiger partial charge on any atom is 0.224 e. The number of rotatable bonds is 1. The van der Waals surface area contributed by atoms with Gasteiger partial charge in [-0.15, -0.1) is 0 Å². The number of para-hydroxylation sites is 1. The Morgan fingerprint density at radius 3 is 2.67 bits per heavy atom. The molecule has 1 heterocycles. The van der Waals surface area contributed by atoms with Crippen molar-refractivity contribution in [1.29, 1.82) is 0 Å². The highest BCUT2D eigenvalue weighted by Crippen LogP contribution is 2.34. The van der Waals surface area contributed by atoms with Crippen LogP contribution in [-0.4, -0.2) is 11.9 Å². The lowest BCUT2D eigenvalue weighted by molar-refractivity contribution is -0.117. The topological polar surface area (TPSA) is 20.3 Å². The monoisotopic (exact) mass is 203 g/mol. The Hall–Kier alpha value is -1.31. The number of carbonyl (C=O) groups excluding carboxylic acids is 1. The van der Waals surface area contributed by atoms with Gasteiger partial charge in [0.2, 0.25) is 5.91 Å². The van der Waals surface area contributed by atoms with Crippen LogP contribution in [0.15, 0.2) is 24.3 Å². The molecule has 0 radical (unpaired) electrons. The molecule has 0 N–H and O–H groups in total. The first-order chi connectivity index (χ1) is 7.11. The van der Waals surface area contributed by atoms with Crippen molar-refractivity contribution in [3.05, 3.63) is 29.8 Å². The molecule has 0 bridgehead atoms.